The molecule has 49 heavy (non-hydrogen) atoms. The molecule has 4 heterocycles. The van der Waals surface area contributed by atoms with Gasteiger partial charge in [0.1, 0.15) is 24.3 Å². The van der Waals surface area contributed by atoms with Crippen LogP contribution in [0.15, 0.2) is 30.5 Å². The number of ether oxygens (including phenoxy) is 2. The van der Waals surface area contributed by atoms with E-state index in [-0.39, 0.29) is 36.4 Å². The Kier molecular flexibility index (Phi) is 11.0. The molecule has 2 aliphatic carbocycles. The molecule has 2 aromatic rings. The number of β-amino-alcohol motifs (C(OH)–C–C–N with tert-alkyl or cyclic N) is 1. The van der Waals surface area contributed by atoms with Crippen molar-refractivity contribution in [3.63, 3.8) is 0 Å². The Labute approximate surface area is 290 Å². The Balaban J connectivity index is 0.827. The summed E-state index contributed by atoms with van der Waals surface area (Å²) in [6.45, 7) is 8.00. The van der Waals surface area contributed by atoms with Gasteiger partial charge in [0.2, 0.25) is 5.91 Å². The number of fused-ring (bicyclic) bond motifs is 1. The summed E-state index contributed by atoms with van der Waals surface area (Å²) < 4.78 is 12.5. The summed E-state index contributed by atoms with van der Waals surface area (Å²) in [6, 6.07) is 8.45. The molecule has 1 unspecified atom stereocenters. The number of amides is 2. The first kappa shape index (κ1) is 34.2. The van der Waals surface area contributed by atoms with Gasteiger partial charge in [-0.15, -0.1) is 0 Å². The minimum absolute atomic E-state index is 0.110. The van der Waals surface area contributed by atoms with Gasteiger partial charge in [0.25, 0.3) is 5.91 Å². The molecule has 4 fully saturated rings. The van der Waals surface area contributed by atoms with Crippen molar-refractivity contribution in [2.24, 2.45) is 5.92 Å². The van der Waals surface area contributed by atoms with Crippen LogP contribution in [0.2, 0.25) is 0 Å². The normalized spacial score (nSPS) is 23.2. The van der Waals surface area contributed by atoms with Crippen LogP contribution in [-0.4, -0.2) is 114 Å². The summed E-state index contributed by atoms with van der Waals surface area (Å²) in [5.74, 6) is 1.81. The highest BCUT2D eigenvalue weighted by Crippen LogP contribution is 2.33. The molecule has 3 aliphatic heterocycles. The minimum atomic E-state index is -0.688. The summed E-state index contributed by atoms with van der Waals surface area (Å²) in [6.07, 6.45) is 13.3. The van der Waals surface area contributed by atoms with Gasteiger partial charge in [-0.25, -0.2) is 4.98 Å². The average Bonchev–Trinajstić information content (AvgIpc) is 3.82. The summed E-state index contributed by atoms with van der Waals surface area (Å²) in [5.41, 5.74) is 4.30. The average molecular weight is 675 g/mol. The van der Waals surface area contributed by atoms with Crippen LogP contribution in [0.5, 0.6) is 5.75 Å². The van der Waals surface area contributed by atoms with E-state index in [1.54, 1.807) is 18.3 Å². The number of carbonyl (C=O) groups is 2. The second-order valence-electron chi connectivity index (χ2n) is 15.0. The van der Waals surface area contributed by atoms with Crippen LogP contribution < -0.4 is 15.4 Å². The first-order chi connectivity index (χ1) is 23.9. The molecule has 3 N–H and O–H groups in total. The monoisotopic (exact) mass is 674 g/mol. The fourth-order valence-electron chi connectivity index (χ4n) is 7.97. The van der Waals surface area contributed by atoms with E-state index in [0.717, 1.165) is 51.4 Å². The number of anilines is 1. The molecule has 2 saturated heterocycles. The van der Waals surface area contributed by atoms with Crippen molar-refractivity contribution in [2.75, 3.05) is 57.9 Å². The molecule has 2 amide bonds. The van der Waals surface area contributed by atoms with Crippen LogP contribution in [0.3, 0.4) is 0 Å². The van der Waals surface area contributed by atoms with E-state index in [1.165, 1.54) is 61.6 Å². The molecule has 0 bridgehead atoms. The maximum Gasteiger partial charge on any atom is 0.251 e. The van der Waals surface area contributed by atoms with Crippen molar-refractivity contribution >= 4 is 17.6 Å². The SMILES string of the molecule is Cc1c(OCC2CN(C3CCCCCCC3)CO2)ccc2c1CCN(C[C@@H](O)CNC(=O)c1ccnc(NC3CN(C(=O)C4CC4)C3)c1)C2. The van der Waals surface area contributed by atoms with Crippen molar-refractivity contribution < 1.29 is 24.2 Å². The van der Waals surface area contributed by atoms with E-state index >= 15 is 0 Å². The Bertz CT molecular complexity index is 1450. The maximum atomic E-state index is 12.9. The number of nitrogens with zero attached hydrogens (tertiary/aromatic N) is 4. The molecule has 266 valence electrons. The number of pyridine rings is 1. The molecule has 0 radical (unpaired) electrons. The van der Waals surface area contributed by atoms with E-state index in [1.807, 2.05) is 4.90 Å². The first-order valence-electron chi connectivity index (χ1n) is 18.7. The third-order valence-corrected chi connectivity index (χ3v) is 11.1. The van der Waals surface area contributed by atoms with Crippen molar-refractivity contribution in [2.45, 2.75) is 102 Å². The molecule has 0 spiro atoms. The highest BCUT2D eigenvalue weighted by atomic mass is 16.5. The molecule has 7 rings (SSSR count). The van der Waals surface area contributed by atoms with E-state index in [9.17, 15) is 14.7 Å². The number of hydrogen-bond donors (Lipinski definition) is 3. The van der Waals surface area contributed by atoms with E-state index in [4.69, 9.17) is 9.47 Å². The Morgan fingerprint density at radius 2 is 1.86 bits per heavy atom. The summed E-state index contributed by atoms with van der Waals surface area (Å²) >= 11 is 0. The molecular weight excluding hydrogens is 620 g/mol. The number of hydrogen-bond acceptors (Lipinski definition) is 9. The second kappa shape index (κ2) is 15.7. The Hall–Kier alpha value is -3.25. The van der Waals surface area contributed by atoms with Gasteiger partial charge < -0.3 is 30.1 Å². The van der Waals surface area contributed by atoms with Gasteiger partial charge in [0.15, 0.2) is 0 Å². The van der Waals surface area contributed by atoms with Gasteiger partial charge in [-0.05, 0) is 73.9 Å². The highest BCUT2D eigenvalue weighted by Gasteiger charge is 2.39. The quantitative estimate of drug-likeness (QED) is 0.310. The molecule has 11 heteroatoms. The van der Waals surface area contributed by atoms with Crippen LogP contribution in [-0.2, 0) is 22.5 Å². The van der Waals surface area contributed by atoms with Gasteiger partial charge >= 0.3 is 0 Å². The minimum Gasteiger partial charge on any atom is -0.491 e. The van der Waals surface area contributed by atoms with Crippen molar-refractivity contribution in [3.05, 3.63) is 52.7 Å². The van der Waals surface area contributed by atoms with E-state index in [2.05, 4.69) is 44.5 Å². The summed E-state index contributed by atoms with van der Waals surface area (Å²) in [4.78, 5) is 36.1. The van der Waals surface area contributed by atoms with Crippen LogP contribution in [0, 0.1) is 12.8 Å². The third-order valence-electron chi connectivity index (χ3n) is 11.1. The van der Waals surface area contributed by atoms with Gasteiger partial charge in [-0.1, -0.05) is 38.2 Å². The number of nitrogens with one attached hydrogen (secondary N) is 2. The summed E-state index contributed by atoms with van der Waals surface area (Å²) in [7, 11) is 0. The lowest BCUT2D eigenvalue weighted by Gasteiger charge is -2.40. The lowest BCUT2D eigenvalue weighted by Crippen LogP contribution is -2.57. The molecule has 5 aliphatic rings. The Morgan fingerprint density at radius 3 is 2.65 bits per heavy atom. The fourth-order valence-corrected chi connectivity index (χ4v) is 7.97. The maximum absolute atomic E-state index is 12.9. The molecular formula is C38H54N6O5. The molecule has 11 nitrogen and oxygen atoms in total. The number of aliphatic hydroxyl groups excluding tert-OH is 1. The van der Waals surface area contributed by atoms with Crippen LogP contribution in [0.4, 0.5) is 5.82 Å². The Morgan fingerprint density at radius 1 is 1.06 bits per heavy atom. The van der Waals surface area contributed by atoms with Gasteiger partial charge in [-0.2, -0.15) is 0 Å². The van der Waals surface area contributed by atoms with Crippen molar-refractivity contribution in [3.8, 4) is 5.75 Å². The standard InChI is InChI=1S/C38H54N6O5/c1-26-34-14-16-42(19-29(34)11-12-35(26)48-24-33-23-44(25-49-33)31-7-5-3-2-4-6-8-31)22-32(45)18-40-37(46)28-13-15-39-36(17-28)41-30-20-43(21-30)38(47)27-9-10-27/h11-13,15,17,27,30-33,45H,2-10,14,16,18-25H2,1H3,(H,39,41)(H,40,46)/t32-,33?/m0/s1. The topological polar surface area (TPSA) is 120 Å². The molecule has 2 atom stereocenters. The van der Waals surface area contributed by atoms with E-state index < -0.39 is 6.10 Å². The predicted octanol–water partition coefficient (Wildman–Crippen LogP) is 3.72. The second-order valence-corrected chi connectivity index (χ2v) is 15.0. The zero-order chi connectivity index (χ0) is 33.7. The van der Waals surface area contributed by atoms with Crippen LogP contribution >= 0.6 is 0 Å². The van der Waals surface area contributed by atoms with Gasteiger partial charge in [0, 0.05) is 69.5 Å². The van der Waals surface area contributed by atoms with Crippen molar-refractivity contribution in [1.29, 1.82) is 0 Å². The number of aromatic nitrogens is 1. The van der Waals surface area contributed by atoms with Crippen molar-refractivity contribution in [1.82, 2.24) is 25.0 Å². The smallest absolute Gasteiger partial charge is 0.251 e. The molecule has 2 saturated carbocycles. The summed E-state index contributed by atoms with van der Waals surface area (Å²) in [5, 5.41) is 17.0. The highest BCUT2D eigenvalue weighted by molar-refractivity contribution is 5.94. The fraction of sp³-hybridized carbons (Fsp3) is 0.658. The predicted molar refractivity (Wildman–Crippen MR) is 187 cm³/mol. The van der Waals surface area contributed by atoms with Gasteiger partial charge in [0.05, 0.1) is 18.9 Å². The number of aliphatic hydroxyl groups is 1. The number of rotatable bonds is 12. The zero-order valence-corrected chi connectivity index (χ0v) is 29.1. The first-order valence-corrected chi connectivity index (χ1v) is 18.7. The van der Waals surface area contributed by atoms with Crippen LogP contribution in [0.25, 0.3) is 0 Å². The number of benzene rings is 1. The largest absolute Gasteiger partial charge is 0.491 e. The molecule has 1 aromatic heterocycles. The van der Waals surface area contributed by atoms with Gasteiger partial charge in [-0.3, -0.25) is 19.4 Å². The van der Waals surface area contributed by atoms with Crippen LogP contribution in [0.1, 0.15) is 84.8 Å². The number of likely N-dealkylation sites (tertiary alicyclic amines) is 1. The third kappa shape index (κ3) is 8.74. The number of carbonyl (C=O) groups excluding carboxylic acids is 2. The lowest BCUT2D eigenvalue weighted by atomic mass is 9.94. The lowest BCUT2D eigenvalue weighted by molar-refractivity contribution is -0.136. The zero-order valence-electron chi connectivity index (χ0n) is 29.1. The van der Waals surface area contributed by atoms with E-state index in [0.29, 0.717) is 43.7 Å². The molecule has 1 aromatic carbocycles.